The summed E-state index contributed by atoms with van der Waals surface area (Å²) in [5, 5.41) is 0. The summed E-state index contributed by atoms with van der Waals surface area (Å²) in [6, 6.07) is 0. The molecule has 0 N–H and O–H groups in total. The molecule has 0 heterocycles. The zero-order valence-electron chi connectivity index (χ0n) is 7.56. The van der Waals surface area contributed by atoms with E-state index in [0.29, 0.717) is 0 Å². The van der Waals surface area contributed by atoms with E-state index < -0.39 is 0 Å². The van der Waals surface area contributed by atoms with Crippen LogP contribution in [0, 0.1) is 0 Å². The van der Waals surface area contributed by atoms with E-state index in [1.54, 1.807) is 8.87 Å². The van der Waals surface area contributed by atoms with Crippen molar-refractivity contribution in [3.8, 4) is 0 Å². The summed E-state index contributed by atoms with van der Waals surface area (Å²) >= 11 is 0.149. The van der Waals surface area contributed by atoms with Gasteiger partial charge < -0.3 is 0 Å². The maximum Gasteiger partial charge on any atom is -0.147 e. The first kappa shape index (κ1) is 18.2. The van der Waals surface area contributed by atoms with Crippen LogP contribution in [0.1, 0.15) is 39.5 Å². The van der Waals surface area contributed by atoms with Gasteiger partial charge in [0.05, 0.1) is 0 Å². The van der Waals surface area contributed by atoms with Crippen molar-refractivity contribution in [1.29, 1.82) is 0 Å². The van der Waals surface area contributed by atoms with Crippen molar-refractivity contribution in [2.45, 2.75) is 48.4 Å². The average Bonchev–Trinajstić information content (AvgIpc) is 1.89. The van der Waals surface area contributed by atoms with E-state index in [0.717, 1.165) is 0 Å². The Balaban J connectivity index is -0.000000320. The Bertz CT molecular complexity index is 45.4. The second-order valence-electron chi connectivity index (χ2n) is 2.46. The monoisotopic (exact) mass is 306 g/mol. The fraction of sp³-hybridized carbons (Fsp3) is 1.00. The van der Waals surface area contributed by atoms with Gasteiger partial charge in [0, 0.05) is 0 Å². The van der Waals surface area contributed by atoms with Gasteiger partial charge in [0.15, 0.2) is 0 Å². The molecular weight excluding hydrogens is 286 g/mol. The first-order valence-electron chi connectivity index (χ1n) is 4.12. The summed E-state index contributed by atoms with van der Waals surface area (Å²) in [5.41, 5.74) is 0. The van der Waals surface area contributed by atoms with Crippen LogP contribution in [0.4, 0.5) is 0 Å². The molecule has 0 rings (SSSR count). The Kier molecular flexibility index (Phi) is 28.9. The first-order chi connectivity index (χ1) is 4.41. The molecule has 0 spiro atoms. The average molecular weight is 306 g/mol. The molecule has 0 aliphatic rings. The fourth-order valence-corrected chi connectivity index (χ4v) is 4.89. The summed E-state index contributed by atoms with van der Waals surface area (Å²) in [5.74, 6) is 0. The normalized spacial score (nSPS) is 8.18. The van der Waals surface area contributed by atoms with Crippen LogP contribution < -0.4 is 0 Å². The molecule has 0 fully saturated rings. The third kappa shape index (κ3) is 18.4. The van der Waals surface area contributed by atoms with Crippen molar-refractivity contribution in [3.63, 3.8) is 0 Å². The third-order valence-electron chi connectivity index (χ3n) is 1.41. The van der Waals surface area contributed by atoms with Gasteiger partial charge in [-0.05, 0) is 0 Å². The molecule has 0 unspecified atom stereocenters. The van der Waals surface area contributed by atoms with Crippen LogP contribution in [0.2, 0.25) is 8.87 Å². The summed E-state index contributed by atoms with van der Waals surface area (Å²) in [6.07, 6.45) is 5.84. The van der Waals surface area contributed by atoms with E-state index in [1.807, 2.05) is 0 Å². The van der Waals surface area contributed by atoms with Gasteiger partial charge in [0.25, 0.3) is 0 Å². The molecule has 0 aromatic rings. The molecule has 0 aromatic heterocycles. The summed E-state index contributed by atoms with van der Waals surface area (Å²) in [6.45, 7) is 4.58. The molecular formula is C8H20Cl2Sn. The van der Waals surface area contributed by atoms with Crippen LogP contribution >= 0.6 is 24.8 Å². The molecule has 0 aliphatic heterocycles. The SMILES string of the molecule is CCC[CH2][Sn][CH2]CCC.Cl.Cl. The molecule has 0 amide bonds. The zero-order chi connectivity index (χ0) is 6.95. The van der Waals surface area contributed by atoms with Crippen molar-refractivity contribution in [1.82, 2.24) is 0 Å². The van der Waals surface area contributed by atoms with Crippen molar-refractivity contribution in [3.05, 3.63) is 0 Å². The van der Waals surface area contributed by atoms with Crippen molar-refractivity contribution in [2.24, 2.45) is 0 Å². The number of hydrogen-bond donors (Lipinski definition) is 0. The summed E-state index contributed by atoms with van der Waals surface area (Å²) in [7, 11) is 0. The second kappa shape index (κ2) is 17.5. The molecule has 0 nitrogen and oxygen atoms in total. The summed E-state index contributed by atoms with van der Waals surface area (Å²) in [4.78, 5) is 0. The number of halogens is 2. The molecule has 2 radical (unpaired) electrons. The molecule has 0 aliphatic carbocycles. The van der Waals surface area contributed by atoms with E-state index in [1.165, 1.54) is 25.7 Å². The number of unbranched alkanes of at least 4 members (excludes halogenated alkanes) is 2. The smallest absolute Gasteiger partial charge is 0.147 e. The predicted octanol–water partition coefficient (Wildman–Crippen LogP) is 3.97. The Morgan fingerprint density at radius 1 is 0.818 bits per heavy atom. The van der Waals surface area contributed by atoms with Gasteiger partial charge in [0.2, 0.25) is 0 Å². The molecule has 0 aromatic carbocycles. The van der Waals surface area contributed by atoms with Gasteiger partial charge in [0.1, 0.15) is 0 Å². The Labute approximate surface area is 93.9 Å². The van der Waals surface area contributed by atoms with Crippen LogP contribution in [0.3, 0.4) is 0 Å². The van der Waals surface area contributed by atoms with Crippen LogP contribution in [0.25, 0.3) is 0 Å². The van der Waals surface area contributed by atoms with Crippen molar-refractivity contribution >= 4 is 46.0 Å². The van der Waals surface area contributed by atoms with Gasteiger partial charge in [-0.25, -0.2) is 0 Å². The molecule has 70 valence electrons. The molecule has 11 heavy (non-hydrogen) atoms. The van der Waals surface area contributed by atoms with Gasteiger partial charge in [-0.2, -0.15) is 0 Å². The van der Waals surface area contributed by atoms with E-state index in [9.17, 15) is 0 Å². The Hall–Kier alpha value is 1.38. The van der Waals surface area contributed by atoms with Crippen molar-refractivity contribution < 1.29 is 0 Å². The van der Waals surface area contributed by atoms with E-state index in [2.05, 4.69) is 13.8 Å². The van der Waals surface area contributed by atoms with Gasteiger partial charge in [-0.3, -0.25) is 0 Å². The molecule has 0 saturated carbocycles. The van der Waals surface area contributed by atoms with Crippen molar-refractivity contribution in [2.75, 3.05) is 0 Å². The third-order valence-corrected chi connectivity index (χ3v) is 5.45. The molecule has 0 bridgehead atoms. The quantitative estimate of drug-likeness (QED) is 0.514. The summed E-state index contributed by atoms with van der Waals surface area (Å²) < 4.78 is 3.25. The minimum absolute atomic E-state index is 0. The van der Waals surface area contributed by atoms with E-state index in [-0.39, 0.29) is 46.0 Å². The Morgan fingerprint density at radius 3 is 1.45 bits per heavy atom. The molecule has 0 atom stereocenters. The maximum absolute atomic E-state index is 2.29. The largest absolute Gasteiger partial charge is 0.147 e. The zero-order valence-corrected chi connectivity index (χ0v) is 12.0. The van der Waals surface area contributed by atoms with Crippen LogP contribution in [-0.4, -0.2) is 21.1 Å². The second-order valence-corrected chi connectivity index (χ2v) is 6.74. The van der Waals surface area contributed by atoms with Gasteiger partial charge in [-0.1, -0.05) is 0 Å². The maximum atomic E-state index is 2.29. The Morgan fingerprint density at radius 2 is 1.18 bits per heavy atom. The number of rotatable bonds is 6. The van der Waals surface area contributed by atoms with Gasteiger partial charge >= 0.3 is 69.5 Å². The first-order valence-corrected chi connectivity index (χ1v) is 8.16. The number of hydrogen-bond acceptors (Lipinski definition) is 0. The van der Waals surface area contributed by atoms with Crippen LogP contribution in [0.5, 0.6) is 0 Å². The predicted molar refractivity (Wildman–Crippen MR) is 59.7 cm³/mol. The fourth-order valence-electron chi connectivity index (χ4n) is 0.729. The van der Waals surface area contributed by atoms with E-state index in [4.69, 9.17) is 0 Å². The minimum Gasteiger partial charge on any atom is -0.147 e. The molecule has 0 saturated heterocycles. The van der Waals surface area contributed by atoms with Crippen LogP contribution in [0.15, 0.2) is 0 Å². The van der Waals surface area contributed by atoms with E-state index >= 15 is 0 Å². The standard InChI is InChI=1S/2C4H9.2ClH.Sn/c2*1-3-4-2;;;/h2*1,3-4H2,2H3;2*1H;. The van der Waals surface area contributed by atoms with Gasteiger partial charge in [-0.15, -0.1) is 24.8 Å². The minimum atomic E-state index is 0. The molecule has 3 heteroatoms. The topological polar surface area (TPSA) is 0 Å². The van der Waals surface area contributed by atoms with Crippen LogP contribution in [-0.2, 0) is 0 Å².